The van der Waals surface area contributed by atoms with Crippen LogP contribution < -0.4 is 0 Å². The van der Waals surface area contributed by atoms with Crippen LogP contribution in [0.5, 0.6) is 0 Å². The molecule has 0 amide bonds. The Morgan fingerprint density at radius 2 is 0.913 bits per heavy atom. The van der Waals surface area contributed by atoms with Gasteiger partial charge in [0.2, 0.25) is 0 Å². The molecule has 0 nitrogen and oxygen atoms in total. The zero-order valence-electron chi connectivity index (χ0n) is 41.6. The average molecular weight is 901 g/mol. The minimum atomic E-state index is 0. The molecule has 0 saturated carbocycles. The lowest BCUT2D eigenvalue weighted by Crippen LogP contribution is -2.24. The molecule has 69 heavy (non-hydrogen) atoms. The summed E-state index contributed by atoms with van der Waals surface area (Å²) in [6.45, 7) is 22.3. The first-order chi connectivity index (χ1) is 32.9. The number of rotatable bonds is 10. The highest BCUT2D eigenvalue weighted by atomic mass is 14.3. The maximum absolute atomic E-state index is 4.44. The monoisotopic (exact) mass is 901 g/mol. The molecule has 0 bridgehead atoms. The smallest absolute Gasteiger partial charge is 0.00735 e. The lowest BCUT2D eigenvalue weighted by atomic mass is 9.69. The van der Waals surface area contributed by atoms with Crippen molar-refractivity contribution in [3.8, 4) is 33.4 Å². The Morgan fingerprint density at radius 1 is 0.478 bits per heavy atom. The van der Waals surface area contributed by atoms with Crippen LogP contribution in [0.2, 0.25) is 0 Å². The van der Waals surface area contributed by atoms with Gasteiger partial charge in [0, 0.05) is 0 Å². The fraction of sp³-hybridized carbons (Fsp3) is 0.188. The SMILES string of the molecule is C.C=C(/C=C(\CC(C)(C)C1C=C(c2cccc(C)c2-c2ccccc2C)C=CC1)c1ccccc1)c1ccccc1.Cc1ccc(-c2cccc(C)c2-c2ccccc2C)cc1.Cc1ccccc1. The van der Waals surface area contributed by atoms with Crippen molar-refractivity contribution in [3.63, 3.8) is 0 Å². The van der Waals surface area contributed by atoms with E-state index in [4.69, 9.17) is 0 Å². The second-order valence-corrected chi connectivity index (χ2v) is 19.1. The zero-order chi connectivity index (χ0) is 48.0. The van der Waals surface area contributed by atoms with E-state index < -0.39 is 0 Å². The molecule has 1 aliphatic carbocycles. The summed E-state index contributed by atoms with van der Waals surface area (Å²) < 4.78 is 0. The summed E-state index contributed by atoms with van der Waals surface area (Å²) in [5.41, 5.74) is 23.3. The molecule has 0 N–H and O–H groups in total. The Hall–Kier alpha value is -7.28. The Bertz CT molecular complexity index is 3010. The molecule has 0 radical (unpaired) electrons. The van der Waals surface area contributed by atoms with E-state index in [-0.39, 0.29) is 12.8 Å². The number of hydrogen-bond donors (Lipinski definition) is 0. The van der Waals surface area contributed by atoms with Gasteiger partial charge in [-0.05, 0) is 155 Å². The molecule has 0 fully saturated rings. The summed E-state index contributed by atoms with van der Waals surface area (Å²) in [6.07, 6.45) is 11.5. The van der Waals surface area contributed by atoms with Crippen molar-refractivity contribution in [2.45, 2.75) is 75.7 Å². The summed E-state index contributed by atoms with van der Waals surface area (Å²) in [4.78, 5) is 0. The molecule has 1 atom stereocenters. The summed E-state index contributed by atoms with van der Waals surface area (Å²) in [5, 5.41) is 0. The molecule has 0 aromatic heterocycles. The minimum Gasteiger partial charge on any atom is -0.0911 e. The third kappa shape index (κ3) is 13.2. The van der Waals surface area contributed by atoms with Gasteiger partial charge in [-0.3, -0.25) is 0 Å². The van der Waals surface area contributed by atoms with E-state index in [0.29, 0.717) is 5.92 Å². The molecule has 8 aromatic rings. The lowest BCUT2D eigenvalue weighted by Gasteiger charge is -2.35. The third-order valence-corrected chi connectivity index (χ3v) is 13.3. The van der Waals surface area contributed by atoms with Crippen LogP contribution in [0.3, 0.4) is 0 Å². The third-order valence-electron chi connectivity index (χ3n) is 13.3. The number of allylic oxidation sites excluding steroid dienone is 7. The fourth-order valence-corrected chi connectivity index (χ4v) is 9.37. The Morgan fingerprint density at radius 3 is 1.43 bits per heavy atom. The average Bonchev–Trinajstić information content (AvgIpc) is 3.36. The second-order valence-electron chi connectivity index (χ2n) is 19.1. The lowest BCUT2D eigenvalue weighted by molar-refractivity contribution is 0.268. The summed E-state index contributed by atoms with van der Waals surface area (Å²) in [6, 6.07) is 71.0. The van der Waals surface area contributed by atoms with Gasteiger partial charge >= 0.3 is 0 Å². The van der Waals surface area contributed by atoms with Gasteiger partial charge in [0.05, 0.1) is 0 Å². The molecule has 1 aliphatic rings. The number of hydrogen-bond acceptors (Lipinski definition) is 0. The topological polar surface area (TPSA) is 0 Å². The highest BCUT2D eigenvalue weighted by Crippen LogP contribution is 2.45. The largest absolute Gasteiger partial charge is 0.0911 e. The van der Waals surface area contributed by atoms with Crippen LogP contribution in [0.25, 0.3) is 50.1 Å². The maximum Gasteiger partial charge on any atom is -0.00735 e. The van der Waals surface area contributed by atoms with Crippen LogP contribution in [0.1, 0.15) is 84.2 Å². The molecule has 0 spiro atoms. The normalized spacial score (nSPS) is 13.1. The van der Waals surface area contributed by atoms with E-state index in [9.17, 15) is 0 Å². The highest BCUT2D eigenvalue weighted by molar-refractivity contribution is 5.89. The molecule has 348 valence electrons. The zero-order valence-corrected chi connectivity index (χ0v) is 41.6. The van der Waals surface area contributed by atoms with Crippen LogP contribution in [0.15, 0.2) is 231 Å². The van der Waals surface area contributed by atoms with Crippen molar-refractivity contribution < 1.29 is 0 Å². The van der Waals surface area contributed by atoms with E-state index in [1.165, 1.54) is 94.6 Å². The van der Waals surface area contributed by atoms with Gasteiger partial charge in [0.25, 0.3) is 0 Å². The second kappa shape index (κ2) is 24.1. The predicted octanol–water partition coefficient (Wildman–Crippen LogP) is 19.7. The summed E-state index contributed by atoms with van der Waals surface area (Å²) >= 11 is 0. The molecule has 0 aliphatic heterocycles. The summed E-state index contributed by atoms with van der Waals surface area (Å²) in [5.74, 6) is 0.412. The molecule has 9 rings (SSSR count). The van der Waals surface area contributed by atoms with Crippen LogP contribution in [-0.2, 0) is 0 Å². The molecule has 0 heterocycles. The predicted molar refractivity (Wildman–Crippen MR) is 304 cm³/mol. The van der Waals surface area contributed by atoms with Gasteiger partial charge in [-0.25, -0.2) is 0 Å². The maximum atomic E-state index is 4.44. The van der Waals surface area contributed by atoms with Gasteiger partial charge in [-0.1, -0.05) is 263 Å². The van der Waals surface area contributed by atoms with Crippen molar-refractivity contribution in [1.29, 1.82) is 0 Å². The first kappa shape index (κ1) is 51.1. The molecular weight excluding hydrogens is 829 g/mol. The van der Waals surface area contributed by atoms with E-state index in [1.807, 2.05) is 18.2 Å². The van der Waals surface area contributed by atoms with E-state index in [2.05, 4.69) is 268 Å². The van der Waals surface area contributed by atoms with Crippen LogP contribution in [-0.4, -0.2) is 0 Å². The van der Waals surface area contributed by atoms with Crippen molar-refractivity contribution in [2.24, 2.45) is 11.3 Å². The van der Waals surface area contributed by atoms with Crippen molar-refractivity contribution in [2.75, 3.05) is 0 Å². The number of aryl methyl sites for hydroxylation is 6. The summed E-state index contributed by atoms with van der Waals surface area (Å²) in [7, 11) is 0. The van der Waals surface area contributed by atoms with Gasteiger partial charge in [0.1, 0.15) is 0 Å². The molecule has 8 aromatic carbocycles. The van der Waals surface area contributed by atoms with Crippen LogP contribution in [0.4, 0.5) is 0 Å². The molecule has 1 unspecified atom stereocenters. The van der Waals surface area contributed by atoms with Gasteiger partial charge in [-0.15, -0.1) is 0 Å². The Balaban J connectivity index is 0.000000223. The van der Waals surface area contributed by atoms with Crippen molar-refractivity contribution in [1.82, 2.24) is 0 Å². The van der Waals surface area contributed by atoms with E-state index in [1.54, 1.807) is 0 Å². The van der Waals surface area contributed by atoms with E-state index in [0.717, 1.165) is 18.4 Å². The van der Waals surface area contributed by atoms with Gasteiger partial charge < -0.3 is 0 Å². The van der Waals surface area contributed by atoms with Crippen LogP contribution in [0, 0.1) is 52.9 Å². The van der Waals surface area contributed by atoms with E-state index >= 15 is 0 Å². The van der Waals surface area contributed by atoms with Crippen molar-refractivity contribution >= 4 is 16.7 Å². The van der Waals surface area contributed by atoms with Gasteiger partial charge in [0.15, 0.2) is 0 Å². The molecular formula is C69H72. The Kier molecular flexibility index (Phi) is 17.9. The standard InChI is InChI=1S/C40H40.C21H20.C7H8.CH4/c1-29-16-12-13-24-37(29)39-30(2)17-14-25-38(39)34-22-15-23-36(27-34)40(4,5)28-35(33-20-10-7-11-21-33)26-31(3)32-18-8-6-9-19-32;1-15-11-13-18(14-12-15)20-10-6-8-17(3)21(20)19-9-5-4-7-16(19)2;1-7-5-3-2-4-6-7;/h6-22,24-27,36H,3,23,28H2,1-2,4-5H3;4-14H,1-3H3;2-6H,1H3;1H4/b35-26+;;;. The first-order valence-electron chi connectivity index (χ1n) is 24.2. The Labute approximate surface area is 416 Å². The van der Waals surface area contributed by atoms with Crippen molar-refractivity contribution in [3.05, 3.63) is 281 Å². The first-order valence-corrected chi connectivity index (χ1v) is 24.2. The highest BCUT2D eigenvalue weighted by Gasteiger charge is 2.31. The molecule has 0 heteroatoms. The quantitative estimate of drug-likeness (QED) is 0.120. The number of benzene rings is 8. The van der Waals surface area contributed by atoms with Crippen LogP contribution >= 0.6 is 0 Å². The van der Waals surface area contributed by atoms with Gasteiger partial charge in [-0.2, -0.15) is 0 Å². The fourth-order valence-electron chi connectivity index (χ4n) is 9.37. The minimum absolute atomic E-state index is 0. The molecule has 0 saturated heterocycles.